The Morgan fingerprint density at radius 3 is 2.16 bits per heavy atom. The van der Waals surface area contributed by atoms with Crippen LogP contribution in [0.15, 0.2) is 103 Å². The number of carbonyl (C=O) groups excluding carboxylic acids is 2. The van der Waals surface area contributed by atoms with Gasteiger partial charge in [-0.25, -0.2) is 4.79 Å². The van der Waals surface area contributed by atoms with Crippen LogP contribution in [0.2, 0.25) is 0 Å². The van der Waals surface area contributed by atoms with E-state index in [0.717, 1.165) is 39.5 Å². The molecule has 2 heterocycles. The molecule has 0 fully saturated rings. The van der Waals surface area contributed by atoms with E-state index >= 15 is 0 Å². The molecule has 3 aromatic carbocycles. The Morgan fingerprint density at radius 2 is 1.53 bits per heavy atom. The van der Waals surface area contributed by atoms with E-state index in [0.29, 0.717) is 4.70 Å². The maximum Gasteiger partial charge on any atom is 0.416 e. The first kappa shape index (κ1) is 25.4. The standard InChI is InChI=1S/C29H18F3NO3S2/c30-29(31,32)20-13-14-24-21(16-20)25(36-28(35)19-10-5-2-6-11-19)26(38-24)27(34)33-17-22(23-12-7-15-37-23)18-8-3-1-4-9-18/h1-17H,(H,33,34). The van der Waals surface area contributed by atoms with Gasteiger partial charge in [0.05, 0.1) is 11.1 Å². The van der Waals surface area contributed by atoms with E-state index in [1.807, 2.05) is 47.8 Å². The van der Waals surface area contributed by atoms with Gasteiger partial charge in [0.15, 0.2) is 5.75 Å². The summed E-state index contributed by atoms with van der Waals surface area (Å²) >= 11 is 2.45. The molecule has 0 atom stereocenters. The Hall–Kier alpha value is -4.21. The fourth-order valence-corrected chi connectivity index (χ4v) is 5.56. The molecule has 0 saturated heterocycles. The lowest BCUT2D eigenvalue weighted by Crippen LogP contribution is -2.18. The van der Waals surface area contributed by atoms with Crippen LogP contribution in [-0.2, 0) is 6.18 Å². The Bertz CT molecular complexity index is 1620. The molecule has 2 aromatic heterocycles. The average molecular weight is 550 g/mol. The summed E-state index contributed by atoms with van der Waals surface area (Å²) in [6, 6.07) is 24.4. The lowest BCUT2D eigenvalue weighted by Gasteiger charge is -2.09. The monoisotopic (exact) mass is 549 g/mol. The van der Waals surface area contributed by atoms with Gasteiger partial charge in [-0.15, -0.1) is 22.7 Å². The molecule has 0 radical (unpaired) electrons. The first-order chi connectivity index (χ1) is 18.3. The number of rotatable bonds is 6. The molecular formula is C29H18F3NO3S2. The highest BCUT2D eigenvalue weighted by Crippen LogP contribution is 2.41. The minimum absolute atomic E-state index is 0.0153. The largest absolute Gasteiger partial charge is 0.420 e. The molecule has 0 aliphatic heterocycles. The van der Waals surface area contributed by atoms with E-state index < -0.39 is 23.6 Å². The molecule has 5 aromatic rings. The molecule has 0 saturated carbocycles. The van der Waals surface area contributed by atoms with Gasteiger partial charge in [-0.2, -0.15) is 13.2 Å². The third-order valence-electron chi connectivity index (χ3n) is 5.60. The second-order valence-electron chi connectivity index (χ2n) is 8.10. The van der Waals surface area contributed by atoms with Crippen LogP contribution in [0.1, 0.15) is 36.0 Å². The third-order valence-corrected chi connectivity index (χ3v) is 7.65. The molecule has 9 heteroatoms. The molecule has 5 rings (SSSR count). The number of fused-ring (bicyclic) bond motifs is 1. The van der Waals surface area contributed by atoms with Crippen LogP contribution in [0.5, 0.6) is 5.75 Å². The molecule has 0 aliphatic rings. The molecular weight excluding hydrogens is 531 g/mol. The molecule has 1 amide bonds. The Labute approximate surface area is 223 Å². The molecule has 0 spiro atoms. The van der Waals surface area contributed by atoms with Crippen LogP contribution in [-0.4, -0.2) is 11.9 Å². The van der Waals surface area contributed by atoms with Crippen LogP contribution in [0, 0.1) is 0 Å². The van der Waals surface area contributed by atoms with Crippen molar-refractivity contribution in [1.82, 2.24) is 5.32 Å². The minimum Gasteiger partial charge on any atom is -0.420 e. The molecule has 0 bridgehead atoms. The lowest BCUT2D eigenvalue weighted by atomic mass is 10.1. The summed E-state index contributed by atoms with van der Waals surface area (Å²) < 4.78 is 46.3. The third kappa shape index (κ3) is 5.39. The summed E-state index contributed by atoms with van der Waals surface area (Å²) in [5.41, 5.74) is 0.930. The molecule has 190 valence electrons. The van der Waals surface area contributed by atoms with Crippen molar-refractivity contribution in [1.29, 1.82) is 0 Å². The van der Waals surface area contributed by atoms with Gasteiger partial charge in [0.25, 0.3) is 5.91 Å². The fraction of sp³-hybridized carbons (Fsp3) is 0.0345. The van der Waals surface area contributed by atoms with Crippen LogP contribution in [0.25, 0.3) is 15.7 Å². The van der Waals surface area contributed by atoms with Crippen molar-refractivity contribution >= 4 is 50.2 Å². The van der Waals surface area contributed by atoms with Gasteiger partial charge in [0, 0.05) is 26.7 Å². The maximum atomic E-state index is 13.5. The van der Waals surface area contributed by atoms with Crippen molar-refractivity contribution in [3.8, 4) is 5.75 Å². The van der Waals surface area contributed by atoms with Gasteiger partial charge >= 0.3 is 12.1 Å². The van der Waals surface area contributed by atoms with Crippen molar-refractivity contribution < 1.29 is 27.5 Å². The lowest BCUT2D eigenvalue weighted by molar-refractivity contribution is -0.137. The Kier molecular flexibility index (Phi) is 7.13. The van der Waals surface area contributed by atoms with Crippen molar-refractivity contribution in [2.24, 2.45) is 0 Å². The Morgan fingerprint density at radius 1 is 0.842 bits per heavy atom. The molecule has 38 heavy (non-hydrogen) atoms. The smallest absolute Gasteiger partial charge is 0.416 e. The van der Waals surface area contributed by atoms with Crippen molar-refractivity contribution in [3.05, 3.63) is 129 Å². The number of hydrogen-bond donors (Lipinski definition) is 1. The van der Waals surface area contributed by atoms with Crippen LogP contribution >= 0.6 is 22.7 Å². The summed E-state index contributed by atoms with van der Waals surface area (Å²) in [6.07, 6.45) is -3.05. The number of nitrogens with one attached hydrogen (secondary N) is 1. The molecule has 0 aliphatic carbocycles. The van der Waals surface area contributed by atoms with Gasteiger partial charge in [-0.05, 0) is 47.3 Å². The number of esters is 1. The highest BCUT2D eigenvalue weighted by molar-refractivity contribution is 7.21. The number of carbonyl (C=O) groups is 2. The molecule has 4 nitrogen and oxygen atoms in total. The number of hydrogen-bond acceptors (Lipinski definition) is 5. The van der Waals surface area contributed by atoms with E-state index in [-0.39, 0.29) is 21.6 Å². The summed E-state index contributed by atoms with van der Waals surface area (Å²) in [5, 5.41) is 4.70. The van der Waals surface area contributed by atoms with Crippen LogP contribution < -0.4 is 10.1 Å². The topological polar surface area (TPSA) is 55.4 Å². The highest BCUT2D eigenvalue weighted by Gasteiger charge is 2.32. The van der Waals surface area contributed by atoms with Crippen molar-refractivity contribution in [2.75, 3.05) is 0 Å². The zero-order chi connectivity index (χ0) is 26.7. The van der Waals surface area contributed by atoms with Gasteiger partial charge in [-0.3, -0.25) is 4.79 Å². The number of amides is 1. The summed E-state index contributed by atoms with van der Waals surface area (Å²) in [7, 11) is 0. The van der Waals surface area contributed by atoms with E-state index in [2.05, 4.69) is 5.32 Å². The van der Waals surface area contributed by atoms with Crippen LogP contribution in [0.4, 0.5) is 13.2 Å². The van der Waals surface area contributed by atoms with E-state index in [9.17, 15) is 22.8 Å². The Balaban J connectivity index is 1.56. The quantitative estimate of drug-likeness (QED) is 0.218. The summed E-state index contributed by atoms with van der Waals surface area (Å²) in [5.74, 6) is -1.61. The number of thiophene rings is 2. The SMILES string of the molecule is O=C(Oc1c(C(=O)NC=C(c2ccccc2)c2cccs2)sc2ccc(C(F)(F)F)cc12)c1ccccc1. The van der Waals surface area contributed by atoms with Crippen molar-refractivity contribution in [3.63, 3.8) is 0 Å². The zero-order valence-corrected chi connectivity index (χ0v) is 21.1. The number of benzene rings is 3. The predicted octanol–water partition coefficient (Wildman–Crippen LogP) is 8.02. The molecule has 1 N–H and O–H groups in total. The first-order valence-corrected chi connectivity index (χ1v) is 13.0. The number of ether oxygens (including phenoxy) is 1. The molecule has 0 unspecified atom stereocenters. The predicted molar refractivity (Wildman–Crippen MR) is 144 cm³/mol. The number of halogens is 3. The van der Waals surface area contributed by atoms with E-state index in [1.165, 1.54) is 29.5 Å². The summed E-state index contributed by atoms with van der Waals surface area (Å²) in [6.45, 7) is 0. The first-order valence-electron chi connectivity index (χ1n) is 11.3. The van der Waals surface area contributed by atoms with Gasteiger partial charge in [-0.1, -0.05) is 54.6 Å². The van der Waals surface area contributed by atoms with E-state index in [1.54, 1.807) is 24.4 Å². The van der Waals surface area contributed by atoms with E-state index in [4.69, 9.17) is 4.74 Å². The van der Waals surface area contributed by atoms with Gasteiger partial charge < -0.3 is 10.1 Å². The second kappa shape index (κ2) is 10.6. The fourth-order valence-electron chi connectivity index (χ4n) is 3.78. The van der Waals surface area contributed by atoms with Gasteiger partial charge in [0.2, 0.25) is 0 Å². The summed E-state index contributed by atoms with van der Waals surface area (Å²) in [4.78, 5) is 27.1. The normalized spacial score (nSPS) is 11.9. The minimum atomic E-state index is -4.60. The number of alkyl halides is 3. The zero-order valence-electron chi connectivity index (χ0n) is 19.5. The highest BCUT2D eigenvalue weighted by atomic mass is 32.1. The maximum absolute atomic E-state index is 13.5. The van der Waals surface area contributed by atoms with Crippen LogP contribution in [0.3, 0.4) is 0 Å². The average Bonchev–Trinajstić information content (AvgIpc) is 3.58. The van der Waals surface area contributed by atoms with Gasteiger partial charge in [0.1, 0.15) is 4.88 Å². The second-order valence-corrected chi connectivity index (χ2v) is 10.1. The van der Waals surface area contributed by atoms with Crippen molar-refractivity contribution in [2.45, 2.75) is 6.18 Å².